The summed E-state index contributed by atoms with van der Waals surface area (Å²) in [5.41, 5.74) is 0.770. The van der Waals surface area contributed by atoms with Crippen LogP contribution in [-0.2, 0) is 15.3 Å². The molecule has 1 aliphatic rings. The standard InChI is InChI=1S/C11H13NO4/c1-2-11(15-6-7-16-11)9-4-3-5-10(8-9)12(13)14/h3-5,8H,2,6-7H2,1H3. The molecule has 1 aromatic rings. The first kappa shape index (κ1) is 11.0. The van der Waals surface area contributed by atoms with Gasteiger partial charge in [0.2, 0.25) is 0 Å². The highest BCUT2D eigenvalue weighted by Crippen LogP contribution is 2.35. The SMILES string of the molecule is CCC1(c2cccc([N+](=O)[O-])c2)OCCO1. The largest absolute Gasteiger partial charge is 0.343 e. The summed E-state index contributed by atoms with van der Waals surface area (Å²) in [7, 11) is 0. The molecule has 2 rings (SSSR count). The molecule has 1 saturated heterocycles. The number of nitro benzene ring substituents is 1. The van der Waals surface area contributed by atoms with Gasteiger partial charge in [-0.25, -0.2) is 0 Å². The molecule has 1 heterocycles. The normalized spacial score (nSPS) is 18.6. The second-order valence-corrected chi connectivity index (χ2v) is 3.61. The molecule has 1 fully saturated rings. The smallest absolute Gasteiger partial charge is 0.269 e. The quantitative estimate of drug-likeness (QED) is 0.582. The Balaban J connectivity index is 2.38. The fourth-order valence-corrected chi connectivity index (χ4v) is 1.89. The second-order valence-electron chi connectivity index (χ2n) is 3.61. The van der Waals surface area contributed by atoms with Gasteiger partial charge in [-0.1, -0.05) is 19.1 Å². The van der Waals surface area contributed by atoms with Crippen LogP contribution >= 0.6 is 0 Å². The van der Waals surface area contributed by atoms with E-state index in [9.17, 15) is 10.1 Å². The molecule has 1 aliphatic heterocycles. The van der Waals surface area contributed by atoms with E-state index in [0.717, 1.165) is 0 Å². The summed E-state index contributed by atoms with van der Waals surface area (Å²) in [6.45, 7) is 2.98. The second kappa shape index (κ2) is 4.19. The van der Waals surface area contributed by atoms with Crippen LogP contribution in [0.1, 0.15) is 18.9 Å². The lowest BCUT2D eigenvalue weighted by molar-refractivity contribution is -0.385. The van der Waals surface area contributed by atoms with E-state index >= 15 is 0 Å². The van der Waals surface area contributed by atoms with Gasteiger partial charge in [0.05, 0.1) is 18.1 Å². The molecule has 0 bridgehead atoms. The van der Waals surface area contributed by atoms with Crippen LogP contribution in [0.5, 0.6) is 0 Å². The van der Waals surface area contributed by atoms with Crippen molar-refractivity contribution in [1.29, 1.82) is 0 Å². The zero-order valence-electron chi connectivity index (χ0n) is 9.01. The van der Waals surface area contributed by atoms with Gasteiger partial charge in [-0.2, -0.15) is 0 Å². The molecule has 5 nitrogen and oxygen atoms in total. The summed E-state index contributed by atoms with van der Waals surface area (Å²) in [5, 5.41) is 10.7. The Morgan fingerprint density at radius 3 is 2.69 bits per heavy atom. The Hall–Kier alpha value is -1.46. The number of rotatable bonds is 3. The van der Waals surface area contributed by atoms with Crippen molar-refractivity contribution in [1.82, 2.24) is 0 Å². The molecule has 16 heavy (non-hydrogen) atoms. The van der Waals surface area contributed by atoms with Crippen LogP contribution in [0.4, 0.5) is 5.69 Å². The zero-order chi connectivity index (χ0) is 11.6. The number of hydrogen-bond acceptors (Lipinski definition) is 4. The Bertz CT molecular complexity index is 399. The van der Waals surface area contributed by atoms with Gasteiger partial charge in [0.15, 0.2) is 5.79 Å². The van der Waals surface area contributed by atoms with Crippen LogP contribution < -0.4 is 0 Å². The first-order chi connectivity index (χ1) is 7.68. The minimum atomic E-state index is -0.800. The molecule has 0 aliphatic carbocycles. The molecule has 0 unspecified atom stereocenters. The van der Waals surface area contributed by atoms with E-state index in [-0.39, 0.29) is 5.69 Å². The molecule has 1 aromatic carbocycles. The molecule has 0 saturated carbocycles. The van der Waals surface area contributed by atoms with Gasteiger partial charge in [-0.15, -0.1) is 0 Å². The zero-order valence-corrected chi connectivity index (χ0v) is 9.01. The minimum absolute atomic E-state index is 0.0597. The molecule has 0 aromatic heterocycles. The number of nitro groups is 1. The lowest BCUT2D eigenvalue weighted by Crippen LogP contribution is -2.25. The van der Waals surface area contributed by atoms with Crippen molar-refractivity contribution in [2.75, 3.05) is 13.2 Å². The number of ether oxygens (including phenoxy) is 2. The first-order valence-electron chi connectivity index (χ1n) is 5.21. The van der Waals surface area contributed by atoms with E-state index < -0.39 is 10.7 Å². The summed E-state index contributed by atoms with van der Waals surface area (Å²) in [5.74, 6) is -0.800. The lowest BCUT2D eigenvalue weighted by atomic mass is 10.0. The molecule has 86 valence electrons. The van der Waals surface area contributed by atoms with Crippen molar-refractivity contribution in [3.8, 4) is 0 Å². The molecule has 0 atom stereocenters. The van der Waals surface area contributed by atoms with E-state index in [2.05, 4.69) is 0 Å². The van der Waals surface area contributed by atoms with Gasteiger partial charge in [0.25, 0.3) is 5.69 Å². The van der Waals surface area contributed by atoms with Crippen molar-refractivity contribution in [3.05, 3.63) is 39.9 Å². The monoisotopic (exact) mass is 223 g/mol. The maximum Gasteiger partial charge on any atom is 0.269 e. The van der Waals surface area contributed by atoms with Gasteiger partial charge in [-0.05, 0) is 0 Å². The van der Waals surface area contributed by atoms with Crippen molar-refractivity contribution >= 4 is 5.69 Å². The third-order valence-corrected chi connectivity index (χ3v) is 2.72. The molecular weight excluding hydrogens is 210 g/mol. The number of non-ortho nitro benzene ring substituents is 1. The van der Waals surface area contributed by atoms with Crippen LogP contribution in [0.3, 0.4) is 0 Å². The van der Waals surface area contributed by atoms with Crippen LogP contribution in [0.25, 0.3) is 0 Å². The lowest BCUT2D eigenvalue weighted by Gasteiger charge is -2.25. The molecule has 0 N–H and O–H groups in total. The Morgan fingerprint density at radius 1 is 1.44 bits per heavy atom. The van der Waals surface area contributed by atoms with Crippen LogP contribution in [0.15, 0.2) is 24.3 Å². The maximum atomic E-state index is 10.7. The minimum Gasteiger partial charge on any atom is -0.343 e. The first-order valence-corrected chi connectivity index (χ1v) is 5.21. The summed E-state index contributed by atoms with van der Waals surface area (Å²) < 4.78 is 11.1. The van der Waals surface area contributed by atoms with Gasteiger partial charge in [0, 0.05) is 24.1 Å². The summed E-state index contributed by atoms with van der Waals surface area (Å²) in [6, 6.07) is 6.41. The number of hydrogen-bond donors (Lipinski definition) is 0. The molecule has 0 spiro atoms. The molecule has 0 radical (unpaired) electrons. The fourth-order valence-electron chi connectivity index (χ4n) is 1.89. The van der Waals surface area contributed by atoms with Crippen LogP contribution in [0, 0.1) is 10.1 Å². The van der Waals surface area contributed by atoms with Gasteiger partial charge in [-0.3, -0.25) is 10.1 Å². The van der Waals surface area contributed by atoms with Crippen molar-refractivity contribution < 1.29 is 14.4 Å². The van der Waals surface area contributed by atoms with E-state index in [1.165, 1.54) is 12.1 Å². The third kappa shape index (κ3) is 1.79. The third-order valence-electron chi connectivity index (χ3n) is 2.72. The fraction of sp³-hybridized carbons (Fsp3) is 0.455. The summed E-state index contributed by atoms with van der Waals surface area (Å²) >= 11 is 0. The van der Waals surface area contributed by atoms with Crippen molar-refractivity contribution in [2.24, 2.45) is 0 Å². The van der Waals surface area contributed by atoms with Gasteiger partial charge >= 0.3 is 0 Å². The highest BCUT2D eigenvalue weighted by molar-refractivity contribution is 5.36. The summed E-state index contributed by atoms with van der Waals surface area (Å²) in [4.78, 5) is 10.3. The molecule has 0 amide bonds. The van der Waals surface area contributed by atoms with Crippen LogP contribution in [0.2, 0.25) is 0 Å². The Morgan fingerprint density at radius 2 is 2.12 bits per heavy atom. The highest BCUT2D eigenvalue weighted by atomic mass is 16.7. The average Bonchev–Trinajstić information content (AvgIpc) is 2.79. The predicted octanol–water partition coefficient (Wildman–Crippen LogP) is 2.20. The van der Waals surface area contributed by atoms with E-state index in [4.69, 9.17) is 9.47 Å². The Kier molecular flexibility index (Phi) is 2.89. The maximum absolute atomic E-state index is 10.7. The predicted molar refractivity (Wildman–Crippen MR) is 57.0 cm³/mol. The number of benzene rings is 1. The van der Waals surface area contributed by atoms with Crippen molar-refractivity contribution in [3.63, 3.8) is 0 Å². The summed E-state index contributed by atoms with van der Waals surface area (Å²) in [6.07, 6.45) is 0.633. The highest BCUT2D eigenvalue weighted by Gasteiger charge is 2.37. The van der Waals surface area contributed by atoms with E-state index in [1.807, 2.05) is 6.92 Å². The topological polar surface area (TPSA) is 61.6 Å². The average molecular weight is 223 g/mol. The van der Waals surface area contributed by atoms with Gasteiger partial charge < -0.3 is 9.47 Å². The molecular formula is C11H13NO4. The van der Waals surface area contributed by atoms with Crippen LogP contribution in [-0.4, -0.2) is 18.1 Å². The molecule has 5 heteroatoms. The number of nitrogens with zero attached hydrogens (tertiary/aromatic N) is 1. The Labute approximate surface area is 93.1 Å². The van der Waals surface area contributed by atoms with E-state index in [0.29, 0.717) is 25.2 Å². The van der Waals surface area contributed by atoms with Crippen molar-refractivity contribution in [2.45, 2.75) is 19.1 Å². The van der Waals surface area contributed by atoms with E-state index in [1.54, 1.807) is 12.1 Å². The van der Waals surface area contributed by atoms with Gasteiger partial charge in [0.1, 0.15) is 0 Å².